The van der Waals surface area contributed by atoms with Gasteiger partial charge in [0.05, 0.1) is 17.3 Å². The van der Waals surface area contributed by atoms with Crippen molar-refractivity contribution in [3.05, 3.63) is 58.9 Å². The number of pyridine rings is 1. The molecule has 3 nitrogen and oxygen atoms in total. The summed E-state index contributed by atoms with van der Waals surface area (Å²) < 4.78 is 5.40. The minimum atomic E-state index is 0.622. The van der Waals surface area contributed by atoms with Crippen LogP contribution < -0.4 is 10.1 Å². The number of halogens is 1. The Kier molecular flexibility index (Phi) is 5.19. The molecule has 2 rings (SSSR count). The van der Waals surface area contributed by atoms with Crippen molar-refractivity contribution in [2.75, 3.05) is 6.61 Å². The van der Waals surface area contributed by atoms with Gasteiger partial charge in [0.1, 0.15) is 5.75 Å². The highest BCUT2D eigenvalue weighted by atomic mass is 35.5. The molecule has 0 amide bonds. The summed E-state index contributed by atoms with van der Waals surface area (Å²) in [4.78, 5) is 4.26. The zero-order chi connectivity index (χ0) is 13.5. The molecular formula is C15H17ClN2O. The number of rotatable bonds is 6. The van der Waals surface area contributed by atoms with E-state index in [1.165, 1.54) is 0 Å². The van der Waals surface area contributed by atoms with E-state index in [0.717, 1.165) is 30.1 Å². The Bertz CT molecular complexity index is 517. The lowest BCUT2D eigenvalue weighted by Crippen LogP contribution is -2.13. The molecule has 0 bridgehead atoms. The number of aromatic nitrogens is 1. The molecule has 0 aliphatic carbocycles. The molecule has 0 radical (unpaired) electrons. The molecule has 0 aliphatic rings. The van der Waals surface area contributed by atoms with E-state index < -0.39 is 0 Å². The highest BCUT2D eigenvalue weighted by Gasteiger charge is 2.02. The predicted molar refractivity (Wildman–Crippen MR) is 77.4 cm³/mol. The molecule has 2 aromatic rings. The summed E-state index contributed by atoms with van der Waals surface area (Å²) in [6.07, 6.45) is 1.80. The summed E-state index contributed by atoms with van der Waals surface area (Å²) >= 11 is 6.14. The first-order valence-corrected chi connectivity index (χ1v) is 6.69. The lowest BCUT2D eigenvalue weighted by atomic mass is 10.2. The lowest BCUT2D eigenvalue weighted by molar-refractivity contribution is 0.340. The van der Waals surface area contributed by atoms with E-state index in [1.54, 1.807) is 6.20 Å². The van der Waals surface area contributed by atoms with Gasteiger partial charge in [0, 0.05) is 19.3 Å². The van der Waals surface area contributed by atoms with Crippen molar-refractivity contribution in [2.45, 2.75) is 20.0 Å². The summed E-state index contributed by atoms with van der Waals surface area (Å²) in [6.45, 7) is 4.06. The molecule has 19 heavy (non-hydrogen) atoms. The predicted octanol–water partition coefficient (Wildman–Crippen LogP) is 3.42. The number of hydrogen-bond donors (Lipinski definition) is 1. The van der Waals surface area contributed by atoms with Gasteiger partial charge in [-0.05, 0) is 36.8 Å². The highest BCUT2D eigenvalue weighted by Crippen LogP contribution is 2.25. The summed E-state index contributed by atoms with van der Waals surface area (Å²) in [7, 11) is 0. The molecule has 4 heteroatoms. The van der Waals surface area contributed by atoms with Crippen LogP contribution in [0.5, 0.6) is 5.75 Å². The lowest BCUT2D eigenvalue weighted by Gasteiger charge is -2.08. The van der Waals surface area contributed by atoms with Crippen LogP contribution in [-0.4, -0.2) is 11.6 Å². The average molecular weight is 277 g/mol. The topological polar surface area (TPSA) is 34.1 Å². The smallest absolute Gasteiger partial charge is 0.137 e. The fourth-order valence-corrected chi connectivity index (χ4v) is 2.02. The van der Waals surface area contributed by atoms with Crippen molar-refractivity contribution in [3.63, 3.8) is 0 Å². The first-order chi connectivity index (χ1) is 9.29. The second-order valence-electron chi connectivity index (χ2n) is 4.12. The minimum absolute atomic E-state index is 0.622. The van der Waals surface area contributed by atoms with E-state index in [2.05, 4.69) is 10.3 Å². The maximum atomic E-state index is 6.14. The second-order valence-corrected chi connectivity index (χ2v) is 4.53. The molecule has 1 heterocycles. The van der Waals surface area contributed by atoms with Crippen LogP contribution >= 0.6 is 11.6 Å². The minimum Gasteiger partial charge on any atom is -0.492 e. The zero-order valence-electron chi connectivity index (χ0n) is 10.9. The van der Waals surface area contributed by atoms with Gasteiger partial charge in [-0.25, -0.2) is 0 Å². The van der Waals surface area contributed by atoms with E-state index in [-0.39, 0.29) is 0 Å². The van der Waals surface area contributed by atoms with E-state index in [0.29, 0.717) is 11.6 Å². The van der Waals surface area contributed by atoms with Gasteiger partial charge in [-0.1, -0.05) is 23.7 Å². The number of hydrogen-bond acceptors (Lipinski definition) is 3. The Balaban J connectivity index is 1.88. The Morgan fingerprint density at radius 2 is 2.11 bits per heavy atom. The molecule has 1 N–H and O–H groups in total. The molecule has 0 atom stereocenters. The molecule has 100 valence electrons. The van der Waals surface area contributed by atoms with Crippen molar-refractivity contribution in [2.24, 2.45) is 0 Å². The van der Waals surface area contributed by atoms with Crippen LogP contribution in [0.2, 0.25) is 5.02 Å². The Labute approximate surface area is 118 Å². The van der Waals surface area contributed by atoms with E-state index in [4.69, 9.17) is 16.3 Å². The Morgan fingerprint density at radius 3 is 2.79 bits per heavy atom. The fraction of sp³-hybridized carbons (Fsp3) is 0.267. The third kappa shape index (κ3) is 4.23. The molecule has 1 aromatic heterocycles. The van der Waals surface area contributed by atoms with Gasteiger partial charge in [-0.15, -0.1) is 0 Å². The monoisotopic (exact) mass is 276 g/mol. The van der Waals surface area contributed by atoms with Crippen LogP contribution in [0, 0.1) is 0 Å². The summed E-state index contributed by atoms with van der Waals surface area (Å²) in [5.41, 5.74) is 2.16. The van der Waals surface area contributed by atoms with Gasteiger partial charge in [-0.3, -0.25) is 4.98 Å². The quantitative estimate of drug-likeness (QED) is 0.878. The average Bonchev–Trinajstić information content (AvgIpc) is 2.43. The molecule has 0 spiro atoms. The van der Waals surface area contributed by atoms with E-state index in [9.17, 15) is 0 Å². The standard InChI is InChI=1S/C15H17ClN2O/c1-2-19-15-7-6-12(9-14(15)16)10-17-11-13-5-3-4-8-18-13/h3-9,17H,2,10-11H2,1H3. The second kappa shape index (κ2) is 7.12. The summed E-state index contributed by atoms with van der Waals surface area (Å²) in [5.74, 6) is 0.734. The van der Waals surface area contributed by atoms with Crippen molar-refractivity contribution in [1.82, 2.24) is 10.3 Å². The highest BCUT2D eigenvalue weighted by molar-refractivity contribution is 6.32. The van der Waals surface area contributed by atoms with Crippen molar-refractivity contribution in [3.8, 4) is 5.75 Å². The molecular weight excluding hydrogens is 260 g/mol. The van der Waals surface area contributed by atoms with Crippen LogP contribution in [0.1, 0.15) is 18.2 Å². The maximum absolute atomic E-state index is 6.14. The third-order valence-electron chi connectivity index (χ3n) is 2.66. The van der Waals surface area contributed by atoms with Crippen LogP contribution in [0.4, 0.5) is 0 Å². The fourth-order valence-electron chi connectivity index (χ4n) is 1.76. The number of nitrogens with one attached hydrogen (secondary N) is 1. The summed E-state index contributed by atoms with van der Waals surface area (Å²) in [5, 5.41) is 3.99. The first kappa shape index (κ1) is 13.8. The van der Waals surface area contributed by atoms with E-state index in [1.807, 2.05) is 43.3 Å². The van der Waals surface area contributed by atoms with Gasteiger partial charge < -0.3 is 10.1 Å². The number of benzene rings is 1. The molecule has 0 saturated carbocycles. The largest absolute Gasteiger partial charge is 0.492 e. The Hall–Kier alpha value is -1.58. The maximum Gasteiger partial charge on any atom is 0.137 e. The molecule has 0 saturated heterocycles. The third-order valence-corrected chi connectivity index (χ3v) is 2.95. The van der Waals surface area contributed by atoms with Crippen LogP contribution in [0.15, 0.2) is 42.6 Å². The zero-order valence-corrected chi connectivity index (χ0v) is 11.7. The SMILES string of the molecule is CCOc1ccc(CNCc2ccccn2)cc1Cl. The Morgan fingerprint density at radius 1 is 1.21 bits per heavy atom. The van der Waals surface area contributed by atoms with Crippen LogP contribution in [0.25, 0.3) is 0 Å². The van der Waals surface area contributed by atoms with Gasteiger partial charge in [0.25, 0.3) is 0 Å². The van der Waals surface area contributed by atoms with Crippen LogP contribution in [-0.2, 0) is 13.1 Å². The number of ether oxygens (including phenoxy) is 1. The first-order valence-electron chi connectivity index (χ1n) is 6.31. The van der Waals surface area contributed by atoms with Crippen molar-refractivity contribution in [1.29, 1.82) is 0 Å². The van der Waals surface area contributed by atoms with Gasteiger partial charge in [-0.2, -0.15) is 0 Å². The molecule has 0 fully saturated rings. The van der Waals surface area contributed by atoms with E-state index >= 15 is 0 Å². The number of nitrogens with zero attached hydrogens (tertiary/aromatic N) is 1. The van der Waals surface area contributed by atoms with Gasteiger partial charge >= 0.3 is 0 Å². The normalized spacial score (nSPS) is 10.4. The molecule has 0 aliphatic heterocycles. The molecule has 1 aromatic carbocycles. The van der Waals surface area contributed by atoms with Crippen LogP contribution in [0.3, 0.4) is 0 Å². The van der Waals surface area contributed by atoms with Crippen molar-refractivity contribution < 1.29 is 4.74 Å². The van der Waals surface area contributed by atoms with Crippen molar-refractivity contribution >= 4 is 11.6 Å². The van der Waals surface area contributed by atoms with Gasteiger partial charge in [0.15, 0.2) is 0 Å². The van der Waals surface area contributed by atoms with Gasteiger partial charge in [0.2, 0.25) is 0 Å². The summed E-state index contributed by atoms with van der Waals surface area (Å²) in [6, 6.07) is 11.7. The molecule has 0 unspecified atom stereocenters.